The van der Waals surface area contributed by atoms with Gasteiger partial charge in [0.25, 0.3) is 0 Å². The van der Waals surface area contributed by atoms with Gasteiger partial charge in [-0.3, -0.25) is 4.98 Å². The Balaban J connectivity index is 3.03. The first kappa shape index (κ1) is 19.6. The molecule has 0 radical (unpaired) electrons. The topological polar surface area (TPSA) is 24.2 Å². The molecule has 2 aromatic rings. The number of aromatic nitrogens is 1. The zero-order valence-electron chi connectivity index (χ0n) is 22.0. The molecule has 2 heteroatoms. The molecule has 0 aliphatic heterocycles. The third kappa shape index (κ3) is 5.21. The van der Waals surface area contributed by atoms with Crippen LogP contribution in [0.5, 0.6) is 0 Å². The molecule has 0 saturated carbocycles. The molecule has 2 heterocycles. The fraction of sp³-hybridized carbons (Fsp3) is 0.615. The van der Waals surface area contributed by atoms with E-state index in [1.165, 1.54) is 0 Å². The number of hydrogen-bond donors (Lipinski definition) is 0. The number of pyridine rings is 1. The first-order valence-corrected chi connectivity index (χ1v) is 10.3. The van der Waals surface area contributed by atoms with Crippen molar-refractivity contribution in [3.63, 3.8) is 0 Å². The summed E-state index contributed by atoms with van der Waals surface area (Å²) in [6, 6.07) is 4.71. The van der Waals surface area contributed by atoms with E-state index < -0.39 is 0 Å². The first-order chi connectivity index (χ1) is 13.2. The zero-order valence-corrected chi connectivity index (χ0v) is 20.0. The van der Waals surface area contributed by atoms with Crippen LogP contribution >= 0.6 is 0 Å². The van der Waals surface area contributed by atoms with Gasteiger partial charge in [-0.25, -0.2) is 4.42 Å². The van der Waals surface area contributed by atoms with Crippen molar-refractivity contribution in [3.8, 4) is 11.1 Å². The van der Waals surface area contributed by atoms with Gasteiger partial charge >= 0.3 is 11.5 Å². The van der Waals surface area contributed by atoms with Gasteiger partial charge in [-0.15, -0.1) is 0 Å². The molecular weight excluding hydrogens is 342 g/mol. The molecule has 28 heavy (non-hydrogen) atoms. The average Bonchev–Trinajstić information content (AvgIpc) is 2.50. The van der Waals surface area contributed by atoms with Crippen LogP contribution < -0.4 is 0 Å². The second kappa shape index (κ2) is 6.97. The minimum atomic E-state index is -0.341. The third-order valence-electron chi connectivity index (χ3n) is 4.69. The highest BCUT2D eigenvalue weighted by atomic mass is 16.3. The molecule has 0 aromatic carbocycles. The van der Waals surface area contributed by atoms with Crippen LogP contribution in [0.3, 0.4) is 0 Å². The van der Waals surface area contributed by atoms with E-state index >= 15 is 0 Å². The number of nitrogens with zero attached hydrogens (tertiary/aromatic N) is 1. The fourth-order valence-electron chi connectivity index (χ4n) is 2.68. The Labute approximate surface area is 175 Å². The standard InChI is InChI=1S/C26H40NO/c1-23(2,3)19-13-17(14-20(27-19)24(4,5)6)18-15-21(25(7,8)9)28-22(16-18)26(10,11)12/h13-16H,1-12H3/q+1/i15D,16D. The molecule has 0 spiro atoms. The summed E-state index contributed by atoms with van der Waals surface area (Å²) in [5, 5.41) is 0. The maximum absolute atomic E-state index is 9.00. The molecule has 0 fully saturated rings. The molecule has 154 valence electrons. The average molecular weight is 385 g/mol. The molecule has 0 saturated heterocycles. The lowest BCUT2D eigenvalue weighted by molar-refractivity contribution is 0.329. The fourth-order valence-corrected chi connectivity index (χ4v) is 2.68. The van der Waals surface area contributed by atoms with Crippen molar-refractivity contribution in [2.24, 2.45) is 0 Å². The van der Waals surface area contributed by atoms with Crippen LogP contribution in [0.4, 0.5) is 0 Å². The third-order valence-corrected chi connectivity index (χ3v) is 4.69. The SMILES string of the molecule is [2H]c1c(C(C)(C)C)[o+]c(C(C)(C)C)c([2H])c1-c1cc(C(C)(C)C)nc(C(C)(C)C)c1. The van der Waals surface area contributed by atoms with Crippen molar-refractivity contribution >= 4 is 0 Å². The van der Waals surface area contributed by atoms with Gasteiger partial charge in [0.1, 0.15) is 0 Å². The minimum absolute atomic E-state index is 0.140. The second-order valence-corrected chi connectivity index (χ2v) is 12.0. The van der Waals surface area contributed by atoms with E-state index in [-0.39, 0.29) is 21.7 Å². The Morgan fingerprint density at radius 2 is 0.964 bits per heavy atom. The highest BCUT2D eigenvalue weighted by Gasteiger charge is 2.34. The molecule has 0 unspecified atom stereocenters. The predicted octanol–water partition coefficient (Wildman–Crippen LogP) is 7.81. The Morgan fingerprint density at radius 1 is 0.607 bits per heavy atom. The van der Waals surface area contributed by atoms with E-state index in [2.05, 4.69) is 95.2 Å². The van der Waals surface area contributed by atoms with E-state index in [1.807, 2.05) is 0 Å². The van der Waals surface area contributed by atoms with Crippen LogP contribution in [-0.2, 0) is 21.7 Å². The monoisotopic (exact) mass is 384 g/mol. The van der Waals surface area contributed by atoms with Crippen molar-refractivity contribution in [2.75, 3.05) is 0 Å². The van der Waals surface area contributed by atoms with Gasteiger partial charge in [-0.05, 0) is 64.8 Å². The molecular formula is C26H40NO+. The van der Waals surface area contributed by atoms with Gasteiger partial charge in [-0.2, -0.15) is 0 Å². The molecule has 0 aliphatic rings. The lowest BCUT2D eigenvalue weighted by Gasteiger charge is -2.25. The van der Waals surface area contributed by atoms with Crippen molar-refractivity contribution < 1.29 is 7.16 Å². The van der Waals surface area contributed by atoms with Crippen molar-refractivity contribution in [1.29, 1.82) is 0 Å². The molecule has 0 atom stereocenters. The maximum atomic E-state index is 9.00. The highest BCUT2D eigenvalue weighted by molar-refractivity contribution is 5.66. The second-order valence-electron chi connectivity index (χ2n) is 12.0. The smallest absolute Gasteiger partial charge is 0.257 e. The van der Waals surface area contributed by atoms with E-state index in [1.54, 1.807) is 0 Å². The Hall–Kier alpha value is -1.70. The summed E-state index contributed by atoms with van der Waals surface area (Å²) >= 11 is 0. The minimum Gasteiger partial charge on any atom is -0.257 e. The van der Waals surface area contributed by atoms with Gasteiger partial charge in [0, 0.05) is 34.3 Å². The van der Waals surface area contributed by atoms with Gasteiger partial charge in [0.05, 0.1) is 13.6 Å². The van der Waals surface area contributed by atoms with Gasteiger partial charge in [0.2, 0.25) is 0 Å². The summed E-state index contributed by atoms with van der Waals surface area (Å²) < 4.78 is 24.2. The van der Waals surface area contributed by atoms with E-state index in [0.717, 1.165) is 17.0 Å². The summed E-state index contributed by atoms with van der Waals surface area (Å²) in [4.78, 5) is 4.96. The molecule has 0 amide bonds. The Bertz CT molecular complexity index is 879. The van der Waals surface area contributed by atoms with Crippen LogP contribution in [0.2, 0.25) is 0 Å². The van der Waals surface area contributed by atoms with Crippen LogP contribution in [0.15, 0.2) is 28.6 Å². The lowest BCUT2D eigenvalue weighted by Crippen LogP contribution is -2.20. The van der Waals surface area contributed by atoms with Crippen molar-refractivity contribution in [3.05, 3.63) is 47.1 Å². The van der Waals surface area contributed by atoms with E-state index in [4.69, 9.17) is 12.1 Å². The number of rotatable bonds is 1. The summed E-state index contributed by atoms with van der Waals surface area (Å²) in [5.74, 6) is 1.23. The Kier molecular flexibility index (Phi) is 4.88. The largest absolute Gasteiger partial charge is 0.335 e. The molecule has 2 aromatic heterocycles. The highest BCUT2D eigenvalue weighted by Crippen LogP contribution is 2.36. The number of hydrogen-bond acceptors (Lipinski definition) is 1. The van der Waals surface area contributed by atoms with Crippen LogP contribution in [0, 0.1) is 0 Å². The predicted molar refractivity (Wildman–Crippen MR) is 121 cm³/mol. The summed E-state index contributed by atoms with van der Waals surface area (Å²) in [7, 11) is 0. The molecule has 2 rings (SSSR count). The van der Waals surface area contributed by atoms with Crippen LogP contribution in [-0.4, -0.2) is 4.98 Å². The zero-order chi connectivity index (χ0) is 23.4. The van der Waals surface area contributed by atoms with E-state index in [9.17, 15) is 0 Å². The van der Waals surface area contributed by atoms with Crippen LogP contribution in [0.25, 0.3) is 11.1 Å². The van der Waals surface area contributed by atoms with Crippen LogP contribution in [0.1, 0.15) is 109 Å². The summed E-state index contributed by atoms with van der Waals surface area (Å²) in [5.41, 5.74) is 2.49. The molecule has 2 nitrogen and oxygen atoms in total. The van der Waals surface area contributed by atoms with Gasteiger partial charge in [0.15, 0.2) is 0 Å². The maximum Gasteiger partial charge on any atom is 0.335 e. The molecule has 0 aliphatic carbocycles. The summed E-state index contributed by atoms with van der Waals surface area (Å²) in [6.07, 6.45) is 0. The molecule has 0 N–H and O–H groups in total. The van der Waals surface area contributed by atoms with E-state index in [0.29, 0.717) is 29.2 Å². The van der Waals surface area contributed by atoms with Gasteiger partial charge in [-0.1, -0.05) is 41.5 Å². The van der Waals surface area contributed by atoms with Crippen molar-refractivity contribution in [2.45, 2.75) is 105 Å². The molecule has 0 bridgehead atoms. The quantitative estimate of drug-likeness (QED) is 0.468. The van der Waals surface area contributed by atoms with Gasteiger partial charge < -0.3 is 0 Å². The first-order valence-electron chi connectivity index (χ1n) is 11.3. The normalized spacial score (nSPS) is 14.7. The lowest BCUT2D eigenvalue weighted by atomic mass is 9.84. The Morgan fingerprint density at radius 3 is 1.25 bits per heavy atom. The summed E-state index contributed by atoms with van der Waals surface area (Å²) in [6.45, 7) is 25.2. The van der Waals surface area contributed by atoms with Crippen molar-refractivity contribution in [1.82, 2.24) is 4.98 Å².